The van der Waals surface area contributed by atoms with Gasteiger partial charge in [-0.25, -0.2) is 4.39 Å². The second kappa shape index (κ2) is 6.83. The lowest BCUT2D eigenvalue weighted by Crippen LogP contribution is -2.25. The molecule has 0 radical (unpaired) electrons. The van der Waals surface area contributed by atoms with Gasteiger partial charge in [0.05, 0.1) is 11.8 Å². The van der Waals surface area contributed by atoms with Crippen molar-refractivity contribution in [1.82, 2.24) is 4.98 Å². The van der Waals surface area contributed by atoms with E-state index in [1.54, 1.807) is 24.3 Å². The summed E-state index contributed by atoms with van der Waals surface area (Å²) in [6.45, 7) is 0. The molecule has 9 heteroatoms. The summed E-state index contributed by atoms with van der Waals surface area (Å²) in [7, 11) is 0. The van der Waals surface area contributed by atoms with Gasteiger partial charge in [0.15, 0.2) is 17.3 Å². The molecule has 0 saturated carbocycles. The SMILES string of the molecule is O=C(Nc1ccc(-c2cc3c(cc2Br)OC(F)(F)O3)cc1)c1ccncc1F. The Hall–Kier alpha value is -3.07. The lowest BCUT2D eigenvalue weighted by atomic mass is 10.0. The molecule has 2 aromatic carbocycles. The van der Waals surface area contributed by atoms with E-state index < -0.39 is 18.0 Å². The van der Waals surface area contributed by atoms with Gasteiger partial charge in [0, 0.05) is 16.4 Å². The number of hydrogen-bond donors (Lipinski definition) is 1. The lowest BCUT2D eigenvalue weighted by Gasteiger charge is -2.09. The average molecular weight is 451 g/mol. The largest absolute Gasteiger partial charge is 0.586 e. The number of carbonyl (C=O) groups is 1. The Balaban J connectivity index is 1.56. The van der Waals surface area contributed by atoms with Gasteiger partial charge in [0.25, 0.3) is 5.91 Å². The van der Waals surface area contributed by atoms with E-state index in [0.29, 0.717) is 21.3 Å². The Morgan fingerprint density at radius 1 is 1.07 bits per heavy atom. The third kappa shape index (κ3) is 3.53. The van der Waals surface area contributed by atoms with E-state index in [0.717, 1.165) is 6.20 Å². The first-order valence-corrected chi connectivity index (χ1v) is 8.72. The first kappa shape index (κ1) is 18.3. The summed E-state index contributed by atoms with van der Waals surface area (Å²) < 4.78 is 49.5. The third-order valence-corrected chi connectivity index (χ3v) is 4.62. The van der Waals surface area contributed by atoms with Gasteiger partial charge in [-0.3, -0.25) is 9.78 Å². The van der Waals surface area contributed by atoms with Crippen molar-refractivity contribution < 1.29 is 27.4 Å². The fraction of sp³-hybridized carbons (Fsp3) is 0.0526. The minimum Gasteiger partial charge on any atom is -0.395 e. The molecule has 0 saturated heterocycles. The molecule has 1 N–H and O–H groups in total. The van der Waals surface area contributed by atoms with Crippen LogP contribution in [-0.4, -0.2) is 17.2 Å². The number of benzene rings is 2. The second-order valence-electron chi connectivity index (χ2n) is 5.83. The van der Waals surface area contributed by atoms with E-state index in [1.165, 1.54) is 24.4 Å². The number of alkyl halides is 2. The summed E-state index contributed by atoms with van der Waals surface area (Å²) in [5.41, 5.74) is 1.59. The zero-order chi connectivity index (χ0) is 19.9. The number of ether oxygens (including phenoxy) is 2. The average Bonchev–Trinajstić information content (AvgIpc) is 2.95. The molecule has 1 aromatic heterocycles. The third-order valence-electron chi connectivity index (χ3n) is 3.96. The van der Waals surface area contributed by atoms with Crippen LogP contribution in [0.2, 0.25) is 0 Å². The summed E-state index contributed by atoms with van der Waals surface area (Å²) >= 11 is 3.32. The number of rotatable bonds is 3. The predicted molar refractivity (Wildman–Crippen MR) is 97.9 cm³/mol. The smallest absolute Gasteiger partial charge is 0.395 e. The summed E-state index contributed by atoms with van der Waals surface area (Å²) in [5.74, 6) is -1.48. The number of fused-ring (bicyclic) bond motifs is 1. The van der Waals surface area contributed by atoms with Gasteiger partial charge in [0.1, 0.15) is 0 Å². The molecule has 0 aliphatic carbocycles. The second-order valence-corrected chi connectivity index (χ2v) is 6.69. The number of halogens is 4. The molecule has 0 spiro atoms. The van der Waals surface area contributed by atoms with Crippen LogP contribution in [0.4, 0.5) is 18.9 Å². The number of pyridine rings is 1. The molecule has 0 fully saturated rings. The highest BCUT2D eigenvalue weighted by Crippen LogP contribution is 2.46. The van der Waals surface area contributed by atoms with E-state index in [2.05, 4.69) is 35.7 Å². The number of hydrogen-bond acceptors (Lipinski definition) is 4. The highest BCUT2D eigenvalue weighted by atomic mass is 79.9. The van der Waals surface area contributed by atoms with Gasteiger partial charge in [0.2, 0.25) is 0 Å². The van der Waals surface area contributed by atoms with Crippen LogP contribution in [0.15, 0.2) is 59.3 Å². The predicted octanol–water partition coefficient (Wildman–Crippen LogP) is 5.22. The van der Waals surface area contributed by atoms with Crippen molar-refractivity contribution >= 4 is 27.5 Å². The number of nitrogens with one attached hydrogen (secondary N) is 1. The van der Waals surface area contributed by atoms with E-state index in [-0.39, 0.29) is 17.1 Å². The van der Waals surface area contributed by atoms with Crippen molar-refractivity contribution in [3.8, 4) is 22.6 Å². The molecule has 0 unspecified atom stereocenters. The zero-order valence-corrected chi connectivity index (χ0v) is 15.5. The first-order valence-electron chi connectivity index (χ1n) is 7.93. The molecule has 3 aromatic rings. The Morgan fingerprint density at radius 3 is 2.43 bits per heavy atom. The zero-order valence-electron chi connectivity index (χ0n) is 13.9. The van der Waals surface area contributed by atoms with Crippen molar-refractivity contribution in [3.63, 3.8) is 0 Å². The Bertz CT molecular complexity index is 1070. The molecule has 0 atom stereocenters. The van der Waals surface area contributed by atoms with Crippen LogP contribution in [0.3, 0.4) is 0 Å². The molecule has 142 valence electrons. The van der Waals surface area contributed by atoms with E-state index in [9.17, 15) is 18.0 Å². The minimum atomic E-state index is -3.70. The standard InChI is InChI=1S/C19H10BrF3N2O3/c20-14-8-17-16(27-19(22,23)28-17)7-13(14)10-1-3-11(4-2-10)25-18(26)12-5-6-24-9-15(12)21/h1-9H,(H,25,26). The van der Waals surface area contributed by atoms with Gasteiger partial charge in [-0.05, 0) is 41.5 Å². The fourth-order valence-corrected chi connectivity index (χ4v) is 3.23. The van der Waals surface area contributed by atoms with Crippen LogP contribution in [0.5, 0.6) is 11.5 Å². The Labute approximate surface area is 165 Å². The van der Waals surface area contributed by atoms with Crippen molar-refractivity contribution in [2.24, 2.45) is 0 Å². The number of anilines is 1. The molecule has 0 bridgehead atoms. The highest BCUT2D eigenvalue weighted by Gasteiger charge is 2.43. The molecule has 5 nitrogen and oxygen atoms in total. The molecule has 1 aliphatic heterocycles. The fourth-order valence-electron chi connectivity index (χ4n) is 2.68. The van der Waals surface area contributed by atoms with Gasteiger partial charge in [-0.15, -0.1) is 8.78 Å². The van der Waals surface area contributed by atoms with Crippen LogP contribution in [0, 0.1) is 5.82 Å². The molecule has 4 rings (SSSR count). The summed E-state index contributed by atoms with van der Waals surface area (Å²) in [5, 5.41) is 2.58. The van der Waals surface area contributed by atoms with Gasteiger partial charge >= 0.3 is 6.29 Å². The molecular formula is C19H10BrF3N2O3. The summed E-state index contributed by atoms with van der Waals surface area (Å²) in [6.07, 6.45) is -1.42. The maximum Gasteiger partial charge on any atom is 0.586 e. The van der Waals surface area contributed by atoms with Gasteiger partial charge in [-0.1, -0.05) is 28.1 Å². The van der Waals surface area contributed by atoms with E-state index >= 15 is 0 Å². The molecule has 2 heterocycles. The maximum absolute atomic E-state index is 13.6. The van der Waals surface area contributed by atoms with Crippen LogP contribution in [0.25, 0.3) is 11.1 Å². The monoisotopic (exact) mass is 450 g/mol. The van der Waals surface area contributed by atoms with Crippen LogP contribution in [0.1, 0.15) is 10.4 Å². The Morgan fingerprint density at radius 2 is 1.75 bits per heavy atom. The van der Waals surface area contributed by atoms with E-state index in [4.69, 9.17) is 0 Å². The number of amides is 1. The number of nitrogens with zero attached hydrogens (tertiary/aromatic N) is 1. The molecular weight excluding hydrogens is 441 g/mol. The summed E-state index contributed by atoms with van der Waals surface area (Å²) in [4.78, 5) is 15.7. The van der Waals surface area contributed by atoms with Crippen molar-refractivity contribution in [2.45, 2.75) is 6.29 Å². The maximum atomic E-state index is 13.6. The van der Waals surface area contributed by atoms with Crippen LogP contribution >= 0.6 is 15.9 Å². The lowest BCUT2D eigenvalue weighted by molar-refractivity contribution is -0.286. The normalized spacial score (nSPS) is 14.0. The number of carbonyl (C=O) groups excluding carboxylic acids is 1. The van der Waals surface area contributed by atoms with Crippen molar-refractivity contribution in [3.05, 3.63) is 70.7 Å². The topological polar surface area (TPSA) is 60.5 Å². The van der Waals surface area contributed by atoms with Gasteiger partial charge in [-0.2, -0.15) is 0 Å². The highest BCUT2D eigenvalue weighted by molar-refractivity contribution is 9.10. The van der Waals surface area contributed by atoms with Gasteiger partial charge < -0.3 is 14.8 Å². The number of aromatic nitrogens is 1. The molecule has 28 heavy (non-hydrogen) atoms. The van der Waals surface area contributed by atoms with Crippen molar-refractivity contribution in [2.75, 3.05) is 5.32 Å². The molecule has 1 amide bonds. The van der Waals surface area contributed by atoms with Crippen molar-refractivity contribution in [1.29, 1.82) is 0 Å². The summed E-state index contributed by atoms with van der Waals surface area (Å²) in [6, 6.07) is 10.7. The molecule has 1 aliphatic rings. The van der Waals surface area contributed by atoms with Crippen LogP contribution in [-0.2, 0) is 0 Å². The van der Waals surface area contributed by atoms with Crippen LogP contribution < -0.4 is 14.8 Å². The first-order chi connectivity index (χ1) is 13.3. The van der Waals surface area contributed by atoms with E-state index in [1.807, 2.05) is 0 Å². The minimum absolute atomic E-state index is 0.0658. The Kier molecular flexibility index (Phi) is 4.46. The quantitative estimate of drug-likeness (QED) is 0.593.